The lowest BCUT2D eigenvalue weighted by molar-refractivity contribution is 0.282. The number of hydrogen-bond donors (Lipinski definition) is 3. The number of thiocarbonyl (C=S) groups is 1. The van der Waals surface area contributed by atoms with Gasteiger partial charge in [0.1, 0.15) is 5.75 Å². The molecule has 3 aromatic carbocycles. The smallest absolute Gasteiger partial charge is 0.175 e. The summed E-state index contributed by atoms with van der Waals surface area (Å²) in [7, 11) is 1.63. The number of ether oxygens (including phenoxy) is 1. The molecule has 0 aliphatic carbocycles. The minimum absolute atomic E-state index is 0.0561. The average Bonchev–Trinajstić information content (AvgIpc) is 2.70. The van der Waals surface area contributed by atoms with Crippen molar-refractivity contribution in [1.82, 2.24) is 0 Å². The maximum Gasteiger partial charge on any atom is 0.175 e. The maximum absolute atomic E-state index is 9.57. The van der Waals surface area contributed by atoms with Crippen LogP contribution in [0, 0.1) is 6.92 Å². The molecular formula is C22H22N2O2S. The van der Waals surface area contributed by atoms with E-state index in [9.17, 15) is 5.11 Å². The quantitative estimate of drug-likeness (QED) is 0.547. The molecule has 0 aliphatic rings. The number of nitrogens with one attached hydrogen (secondary N) is 2. The van der Waals surface area contributed by atoms with Gasteiger partial charge in [-0.2, -0.15) is 0 Å². The highest BCUT2D eigenvalue weighted by Gasteiger charge is 2.09. The van der Waals surface area contributed by atoms with Crippen molar-refractivity contribution in [2.24, 2.45) is 0 Å². The van der Waals surface area contributed by atoms with Crippen LogP contribution in [0.3, 0.4) is 0 Å². The van der Waals surface area contributed by atoms with Gasteiger partial charge in [-0.25, -0.2) is 0 Å². The molecule has 0 saturated heterocycles. The summed E-state index contributed by atoms with van der Waals surface area (Å²) in [6, 6.07) is 21.9. The molecular weight excluding hydrogens is 356 g/mol. The van der Waals surface area contributed by atoms with Gasteiger partial charge in [-0.1, -0.05) is 54.1 Å². The van der Waals surface area contributed by atoms with Crippen molar-refractivity contribution < 1.29 is 9.84 Å². The SMILES string of the molecule is COc1ccc(-c2ccccc2)cc1NC(=S)Nc1ccc(C)cc1CO. The molecule has 0 amide bonds. The van der Waals surface area contributed by atoms with Gasteiger partial charge in [-0.3, -0.25) is 0 Å². The lowest BCUT2D eigenvalue weighted by atomic mass is 10.0. The van der Waals surface area contributed by atoms with E-state index in [0.29, 0.717) is 10.9 Å². The van der Waals surface area contributed by atoms with Crippen molar-refractivity contribution in [3.63, 3.8) is 0 Å². The molecule has 5 heteroatoms. The fourth-order valence-electron chi connectivity index (χ4n) is 2.87. The van der Waals surface area contributed by atoms with Crippen LogP contribution in [0.2, 0.25) is 0 Å². The molecule has 3 rings (SSSR count). The molecule has 0 saturated carbocycles. The van der Waals surface area contributed by atoms with E-state index in [-0.39, 0.29) is 6.61 Å². The van der Waals surface area contributed by atoms with E-state index in [4.69, 9.17) is 17.0 Å². The van der Waals surface area contributed by atoms with Crippen LogP contribution in [0.15, 0.2) is 66.7 Å². The first-order valence-electron chi connectivity index (χ1n) is 8.62. The van der Waals surface area contributed by atoms with Crippen molar-refractivity contribution in [1.29, 1.82) is 0 Å². The molecule has 0 spiro atoms. The molecule has 27 heavy (non-hydrogen) atoms. The Morgan fingerprint density at radius 3 is 2.37 bits per heavy atom. The van der Waals surface area contributed by atoms with Crippen molar-refractivity contribution in [3.05, 3.63) is 77.9 Å². The van der Waals surface area contributed by atoms with E-state index >= 15 is 0 Å². The average molecular weight is 378 g/mol. The Labute approximate surface area is 164 Å². The van der Waals surface area contributed by atoms with Crippen LogP contribution in [0.5, 0.6) is 5.75 Å². The molecule has 138 valence electrons. The zero-order valence-electron chi connectivity index (χ0n) is 15.3. The molecule has 0 fully saturated rings. The summed E-state index contributed by atoms with van der Waals surface area (Å²) in [5, 5.41) is 16.3. The van der Waals surface area contributed by atoms with Crippen LogP contribution in [0.4, 0.5) is 11.4 Å². The number of anilines is 2. The summed E-state index contributed by atoms with van der Waals surface area (Å²) in [6.45, 7) is 1.93. The molecule has 0 radical (unpaired) electrons. The van der Waals surface area contributed by atoms with Gasteiger partial charge in [0.25, 0.3) is 0 Å². The number of hydrogen-bond acceptors (Lipinski definition) is 3. The summed E-state index contributed by atoms with van der Waals surface area (Å²) in [5.74, 6) is 0.699. The third kappa shape index (κ3) is 4.64. The third-order valence-corrected chi connectivity index (χ3v) is 4.44. The number of aliphatic hydroxyl groups is 1. The molecule has 0 aromatic heterocycles. The molecule has 3 N–H and O–H groups in total. The second-order valence-corrected chi connectivity index (χ2v) is 6.59. The van der Waals surface area contributed by atoms with Gasteiger partial charge in [0.15, 0.2) is 5.11 Å². The summed E-state index contributed by atoms with van der Waals surface area (Å²) in [4.78, 5) is 0. The Balaban J connectivity index is 1.83. The molecule has 0 heterocycles. The van der Waals surface area contributed by atoms with E-state index in [0.717, 1.165) is 33.6 Å². The van der Waals surface area contributed by atoms with Crippen molar-refractivity contribution in [2.75, 3.05) is 17.7 Å². The topological polar surface area (TPSA) is 53.5 Å². The standard InChI is InChI=1S/C22H22N2O2S/c1-15-8-10-19(18(12-15)14-25)23-22(27)24-20-13-17(9-11-21(20)26-2)16-6-4-3-5-7-16/h3-13,25H,14H2,1-2H3,(H2,23,24,27). The minimum Gasteiger partial charge on any atom is -0.495 e. The summed E-state index contributed by atoms with van der Waals surface area (Å²) < 4.78 is 5.46. The first-order valence-corrected chi connectivity index (χ1v) is 9.03. The number of aliphatic hydroxyl groups excluding tert-OH is 1. The van der Waals surface area contributed by atoms with Crippen molar-refractivity contribution in [3.8, 4) is 16.9 Å². The molecule has 0 unspecified atom stereocenters. The van der Waals surface area contributed by atoms with Crippen molar-refractivity contribution in [2.45, 2.75) is 13.5 Å². The molecule has 4 nitrogen and oxygen atoms in total. The predicted octanol–water partition coefficient (Wildman–Crippen LogP) is 4.97. The second-order valence-electron chi connectivity index (χ2n) is 6.18. The minimum atomic E-state index is -0.0561. The lowest BCUT2D eigenvalue weighted by Gasteiger charge is -2.16. The van der Waals surface area contributed by atoms with Crippen LogP contribution in [0.25, 0.3) is 11.1 Å². The van der Waals surface area contributed by atoms with Crippen molar-refractivity contribution >= 4 is 28.7 Å². The Hall–Kier alpha value is -2.89. The van der Waals surface area contributed by atoms with E-state index < -0.39 is 0 Å². The third-order valence-electron chi connectivity index (χ3n) is 4.23. The Kier molecular flexibility index (Phi) is 6.06. The molecule has 3 aromatic rings. The zero-order valence-corrected chi connectivity index (χ0v) is 16.1. The Bertz CT molecular complexity index is 942. The fourth-order valence-corrected chi connectivity index (χ4v) is 3.09. The molecule has 0 atom stereocenters. The zero-order chi connectivity index (χ0) is 19.2. The first-order chi connectivity index (χ1) is 13.1. The molecule has 0 aliphatic heterocycles. The number of benzene rings is 3. The number of rotatable bonds is 5. The predicted molar refractivity (Wildman–Crippen MR) is 115 cm³/mol. The van der Waals surface area contributed by atoms with Gasteiger partial charge in [0.05, 0.1) is 19.4 Å². The van der Waals surface area contributed by atoms with Crippen LogP contribution < -0.4 is 15.4 Å². The summed E-state index contributed by atoms with van der Waals surface area (Å²) in [6.07, 6.45) is 0. The summed E-state index contributed by atoms with van der Waals surface area (Å²) >= 11 is 5.47. The normalized spacial score (nSPS) is 10.3. The largest absolute Gasteiger partial charge is 0.495 e. The number of methoxy groups -OCH3 is 1. The first kappa shape index (κ1) is 18.9. The van der Waals surface area contributed by atoms with Crippen LogP contribution in [-0.2, 0) is 6.61 Å². The Morgan fingerprint density at radius 1 is 0.926 bits per heavy atom. The highest BCUT2D eigenvalue weighted by molar-refractivity contribution is 7.80. The highest BCUT2D eigenvalue weighted by Crippen LogP contribution is 2.31. The molecule has 0 bridgehead atoms. The van der Waals surface area contributed by atoms with E-state index in [1.807, 2.05) is 61.5 Å². The van der Waals surface area contributed by atoms with Gasteiger partial charge < -0.3 is 20.5 Å². The van der Waals surface area contributed by atoms with E-state index in [1.54, 1.807) is 7.11 Å². The van der Waals surface area contributed by atoms with Crippen LogP contribution >= 0.6 is 12.2 Å². The van der Waals surface area contributed by atoms with Gasteiger partial charge in [-0.05, 0) is 48.5 Å². The maximum atomic E-state index is 9.57. The van der Waals surface area contributed by atoms with Crippen LogP contribution in [-0.4, -0.2) is 17.3 Å². The number of aryl methyl sites for hydroxylation is 1. The van der Waals surface area contributed by atoms with Gasteiger partial charge in [0, 0.05) is 11.3 Å². The van der Waals surface area contributed by atoms with Crippen LogP contribution in [0.1, 0.15) is 11.1 Å². The lowest BCUT2D eigenvalue weighted by Crippen LogP contribution is -2.20. The van der Waals surface area contributed by atoms with E-state index in [1.165, 1.54) is 0 Å². The Morgan fingerprint density at radius 2 is 1.67 bits per heavy atom. The van der Waals surface area contributed by atoms with E-state index in [2.05, 4.69) is 22.8 Å². The van der Waals surface area contributed by atoms with Gasteiger partial charge in [0.2, 0.25) is 0 Å². The fraction of sp³-hybridized carbons (Fsp3) is 0.136. The van der Waals surface area contributed by atoms with Gasteiger partial charge >= 0.3 is 0 Å². The second kappa shape index (κ2) is 8.66. The monoisotopic (exact) mass is 378 g/mol. The van der Waals surface area contributed by atoms with Gasteiger partial charge in [-0.15, -0.1) is 0 Å². The highest BCUT2D eigenvalue weighted by atomic mass is 32.1. The summed E-state index contributed by atoms with van der Waals surface area (Å²) in [5.41, 5.74) is 5.61.